The van der Waals surface area contributed by atoms with Crippen molar-refractivity contribution in [1.82, 2.24) is 0 Å². The molecule has 0 aromatic carbocycles. The average Bonchev–Trinajstić information content (AvgIpc) is 2.98. The summed E-state index contributed by atoms with van der Waals surface area (Å²) in [5, 5.41) is 20.3. The van der Waals surface area contributed by atoms with E-state index in [1.54, 1.807) is 0 Å². The lowest BCUT2D eigenvalue weighted by molar-refractivity contribution is -0.142. The number of hydrogen-bond donors (Lipinski definition) is 2. The smallest absolute Gasteiger partial charge is 0.320 e. The Bertz CT molecular complexity index is 639. The van der Waals surface area contributed by atoms with Gasteiger partial charge in [0.15, 0.2) is 0 Å². The van der Waals surface area contributed by atoms with Gasteiger partial charge in [-0.15, -0.1) is 11.8 Å². The van der Waals surface area contributed by atoms with Crippen LogP contribution in [0.2, 0.25) is 0 Å². The lowest BCUT2D eigenvalue weighted by Crippen LogP contribution is -2.45. The van der Waals surface area contributed by atoms with Crippen molar-refractivity contribution in [2.75, 3.05) is 0 Å². The van der Waals surface area contributed by atoms with Crippen LogP contribution in [0.5, 0.6) is 0 Å². The number of thioether (sulfide) groups is 1. The Hall–Kier alpha value is -0.710. The highest BCUT2D eigenvalue weighted by molar-refractivity contribution is 8.02. The number of rotatable bonds is 34. The van der Waals surface area contributed by atoms with Crippen LogP contribution in [-0.4, -0.2) is 32.1 Å². The van der Waals surface area contributed by atoms with Gasteiger partial charge in [0.2, 0.25) is 0 Å². The molecule has 0 aromatic heterocycles. The SMILES string of the molecule is CCCCCCCCCCCCCCCCC(CCCCCCC)C(CCCCC)(SC(CCCCC)C(=O)O)C(=O)O. The minimum absolute atomic E-state index is 0.0406. The summed E-state index contributed by atoms with van der Waals surface area (Å²) in [6.45, 7) is 8.78. The van der Waals surface area contributed by atoms with Crippen LogP contribution < -0.4 is 0 Å². The van der Waals surface area contributed by atoms with Gasteiger partial charge < -0.3 is 10.2 Å². The quantitative estimate of drug-likeness (QED) is 0.0695. The molecular weight excluding hydrogens is 552 g/mol. The number of carboxylic acid groups (broad SMARTS) is 2. The van der Waals surface area contributed by atoms with Gasteiger partial charge >= 0.3 is 11.9 Å². The Morgan fingerprint density at radius 2 is 0.814 bits per heavy atom. The van der Waals surface area contributed by atoms with E-state index in [9.17, 15) is 19.8 Å². The van der Waals surface area contributed by atoms with Gasteiger partial charge in [-0.1, -0.05) is 188 Å². The van der Waals surface area contributed by atoms with Crippen LogP contribution in [0.3, 0.4) is 0 Å². The largest absolute Gasteiger partial charge is 0.480 e. The van der Waals surface area contributed by atoms with Gasteiger partial charge in [0, 0.05) is 0 Å². The second-order valence-corrected chi connectivity index (χ2v) is 14.9. The average molecular weight is 627 g/mol. The molecule has 0 heterocycles. The van der Waals surface area contributed by atoms with E-state index >= 15 is 0 Å². The highest BCUT2D eigenvalue weighted by Crippen LogP contribution is 2.46. The van der Waals surface area contributed by atoms with Crippen LogP contribution in [0.25, 0.3) is 0 Å². The fourth-order valence-corrected chi connectivity index (χ4v) is 8.27. The first kappa shape index (κ1) is 42.3. The number of carboxylic acids is 2. The molecular formula is C38H74O4S. The molecule has 3 atom stereocenters. The molecule has 2 N–H and O–H groups in total. The Kier molecular flexibility index (Phi) is 29.5. The summed E-state index contributed by atoms with van der Waals surface area (Å²) in [4.78, 5) is 25.6. The van der Waals surface area contributed by atoms with E-state index < -0.39 is 21.9 Å². The van der Waals surface area contributed by atoms with Crippen LogP contribution in [-0.2, 0) is 9.59 Å². The summed E-state index contributed by atoms with van der Waals surface area (Å²) in [5.74, 6) is -1.56. The zero-order chi connectivity index (χ0) is 32.0. The maximum absolute atomic E-state index is 13.2. The van der Waals surface area contributed by atoms with Crippen molar-refractivity contribution in [1.29, 1.82) is 0 Å². The van der Waals surface area contributed by atoms with Gasteiger partial charge in [-0.25, -0.2) is 0 Å². The minimum Gasteiger partial charge on any atom is -0.480 e. The van der Waals surface area contributed by atoms with Gasteiger partial charge in [0.05, 0.1) is 0 Å². The van der Waals surface area contributed by atoms with Gasteiger partial charge in [-0.3, -0.25) is 9.59 Å². The van der Waals surface area contributed by atoms with E-state index in [1.807, 2.05) is 0 Å². The molecule has 0 fully saturated rings. The number of unbranched alkanes of at least 4 members (excludes halogenated alkanes) is 21. The highest BCUT2D eigenvalue weighted by atomic mass is 32.2. The van der Waals surface area contributed by atoms with Gasteiger partial charge in [-0.05, 0) is 31.6 Å². The third-order valence-electron chi connectivity index (χ3n) is 9.43. The lowest BCUT2D eigenvalue weighted by atomic mass is 9.79. The summed E-state index contributed by atoms with van der Waals surface area (Å²) in [7, 11) is 0. The van der Waals surface area contributed by atoms with E-state index in [2.05, 4.69) is 27.7 Å². The lowest BCUT2D eigenvalue weighted by Gasteiger charge is -2.39. The Balaban J connectivity index is 5.18. The van der Waals surface area contributed by atoms with Crippen LogP contribution in [0, 0.1) is 5.92 Å². The summed E-state index contributed by atoms with van der Waals surface area (Å²) in [6.07, 6.45) is 33.1. The predicted octanol–water partition coefficient (Wildman–Crippen LogP) is 13.0. The van der Waals surface area contributed by atoms with Crippen LogP contribution >= 0.6 is 11.8 Å². The first-order valence-corrected chi connectivity index (χ1v) is 19.9. The molecule has 5 heteroatoms. The molecule has 256 valence electrons. The first-order valence-electron chi connectivity index (χ1n) is 19.0. The van der Waals surface area contributed by atoms with Crippen molar-refractivity contribution in [3.8, 4) is 0 Å². The summed E-state index contributed by atoms with van der Waals surface area (Å²) >= 11 is 1.32. The fraction of sp³-hybridized carbons (Fsp3) is 0.947. The zero-order valence-electron chi connectivity index (χ0n) is 29.3. The molecule has 3 unspecified atom stereocenters. The third kappa shape index (κ3) is 21.6. The van der Waals surface area contributed by atoms with E-state index in [-0.39, 0.29) is 5.92 Å². The second-order valence-electron chi connectivity index (χ2n) is 13.4. The van der Waals surface area contributed by atoms with Gasteiger partial charge in [-0.2, -0.15) is 0 Å². The molecule has 0 aliphatic heterocycles. The van der Waals surface area contributed by atoms with Crippen molar-refractivity contribution in [3.05, 3.63) is 0 Å². The van der Waals surface area contributed by atoms with Crippen molar-refractivity contribution in [2.24, 2.45) is 5.92 Å². The summed E-state index contributed by atoms with van der Waals surface area (Å²) in [6, 6.07) is 0. The normalized spacial score (nSPS) is 14.4. The topological polar surface area (TPSA) is 74.6 Å². The zero-order valence-corrected chi connectivity index (χ0v) is 30.1. The number of hydrogen-bond acceptors (Lipinski definition) is 3. The molecule has 0 saturated heterocycles. The second kappa shape index (κ2) is 30.0. The fourth-order valence-electron chi connectivity index (χ4n) is 6.59. The highest BCUT2D eigenvalue weighted by Gasteiger charge is 2.48. The number of carbonyl (C=O) groups is 2. The molecule has 0 aliphatic rings. The van der Waals surface area contributed by atoms with E-state index in [1.165, 1.54) is 108 Å². The standard InChI is InChI=1S/C38H74O4S/c1-5-9-13-15-16-17-18-19-20-21-22-23-25-28-31-34(30-27-24-14-10-6-2)38(37(41)42,33-29-12-8-4)43-35(36(39)40)32-26-11-7-3/h34-35H,5-33H2,1-4H3,(H,39,40)(H,41,42). The molecule has 0 saturated carbocycles. The molecule has 0 aliphatic carbocycles. The summed E-state index contributed by atoms with van der Waals surface area (Å²) in [5.41, 5.74) is 0. The monoisotopic (exact) mass is 627 g/mol. The van der Waals surface area contributed by atoms with Crippen LogP contribution in [0.4, 0.5) is 0 Å². The molecule has 0 radical (unpaired) electrons. The Morgan fingerprint density at radius 3 is 1.19 bits per heavy atom. The van der Waals surface area contributed by atoms with Gasteiger partial charge in [0.1, 0.15) is 10.00 Å². The van der Waals surface area contributed by atoms with Crippen LogP contribution in [0.1, 0.15) is 214 Å². The Labute approximate surface area is 272 Å². The number of aliphatic carboxylic acids is 2. The summed E-state index contributed by atoms with van der Waals surface area (Å²) < 4.78 is -0.994. The minimum atomic E-state index is -0.994. The van der Waals surface area contributed by atoms with Crippen molar-refractivity contribution in [2.45, 2.75) is 224 Å². The molecule has 0 bridgehead atoms. The third-order valence-corrected chi connectivity index (χ3v) is 11.3. The molecule has 4 nitrogen and oxygen atoms in total. The molecule has 0 rings (SSSR count). The van der Waals surface area contributed by atoms with Gasteiger partial charge in [0.25, 0.3) is 0 Å². The van der Waals surface area contributed by atoms with Crippen molar-refractivity contribution >= 4 is 23.7 Å². The molecule has 0 spiro atoms. The van der Waals surface area contributed by atoms with E-state index in [0.717, 1.165) is 77.0 Å². The maximum atomic E-state index is 13.2. The molecule has 0 amide bonds. The van der Waals surface area contributed by atoms with Crippen molar-refractivity contribution in [3.63, 3.8) is 0 Å². The Morgan fingerprint density at radius 1 is 0.488 bits per heavy atom. The molecule has 0 aromatic rings. The maximum Gasteiger partial charge on any atom is 0.320 e. The molecule has 43 heavy (non-hydrogen) atoms. The van der Waals surface area contributed by atoms with Crippen LogP contribution in [0.15, 0.2) is 0 Å². The van der Waals surface area contributed by atoms with Crippen molar-refractivity contribution < 1.29 is 19.8 Å². The predicted molar refractivity (Wildman–Crippen MR) is 189 cm³/mol. The first-order chi connectivity index (χ1) is 20.9. The van der Waals surface area contributed by atoms with E-state index in [4.69, 9.17) is 0 Å². The van der Waals surface area contributed by atoms with E-state index in [0.29, 0.717) is 12.8 Å².